The lowest BCUT2D eigenvalue weighted by Gasteiger charge is -2.13. The Balaban J connectivity index is 3.34. The fourth-order valence-electron chi connectivity index (χ4n) is 1.51. The van der Waals surface area contributed by atoms with E-state index < -0.39 is 17.6 Å². The van der Waals surface area contributed by atoms with Crippen LogP contribution in [0.2, 0.25) is 0 Å². The molecule has 18 heavy (non-hydrogen) atoms. The van der Waals surface area contributed by atoms with Crippen LogP contribution in [0.5, 0.6) is 0 Å². The molecule has 1 rings (SSSR count). The van der Waals surface area contributed by atoms with Crippen molar-refractivity contribution in [1.29, 1.82) is 0 Å². The molecule has 0 fully saturated rings. The molecule has 6 heteroatoms. The first-order valence-electron chi connectivity index (χ1n) is 5.10. The standard InChI is InChI=1S/C12H11ClF3NO/c13-7-3-5-9(11(17)18)8-4-1-2-6-10(8)12(14,15)16/h1-2,4-6H,3,7H2,(H2,17,18)/b9-5+. The van der Waals surface area contributed by atoms with Crippen LogP contribution in [0.1, 0.15) is 17.5 Å². The lowest BCUT2D eigenvalue weighted by Crippen LogP contribution is -2.17. The first-order valence-corrected chi connectivity index (χ1v) is 5.64. The summed E-state index contributed by atoms with van der Waals surface area (Å²) in [4.78, 5) is 11.2. The van der Waals surface area contributed by atoms with Gasteiger partial charge >= 0.3 is 6.18 Å². The van der Waals surface area contributed by atoms with Crippen molar-refractivity contribution in [2.75, 3.05) is 5.88 Å². The van der Waals surface area contributed by atoms with Crippen LogP contribution in [0.25, 0.3) is 5.57 Å². The molecule has 0 atom stereocenters. The van der Waals surface area contributed by atoms with Crippen LogP contribution in [0, 0.1) is 0 Å². The Morgan fingerprint density at radius 1 is 1.33 bits per heavy atom. The number of benzene rings is 1. The van der Waals surface area contributed by atoms with Crippen molar-refractivity contribution in [2.45, 2.75) is 12.6 Å². The average Bonchev–Trinajstić information content (AvgIpc) is 2.28. The zero-order chi connectivity index (χ0) is 13.8. The van der Waals surface area contributed by atoms with Crippen molar-refractivity contribution in [3.05, 3.63) is 41.5 Å². The molecule has 1 amide bonds. The zero-order valence-electron chi connectivity index (χ0n) is 9.30. The molecule has 0 aliphatic rings. The minimum absolute atomic E-state index is 0.163. The third-order valence-corrected chi connectivity index (χ3v) is 2.46. The molecular formula is C12H11ClF3NO. The minimum atomic E-state index is -4.54. The molecule has 0 heterocycles. The topological polar surface area (TPSA) is 43.1 Å². The molecule has 2 N–H and O–H groups in total. The fourth-order valence-corrected chi connectivity index (χ4v) is 1.62. The van der Waals surface area contributed by atoms with E-state index in [0.717, 1.165) is 6.07 Å². The van der Waals surface area contributed by atoms with E-state index in [1.807, 2.05) is 0 Å². The Kier molecular flexibility index (Phi) is 4.78. The smallest absolute Gasteiger partial charge is 0.366 e. The number of amides is 1. The molecule has 0 aromatic heterocycles. The number of carbonyl (C=O) groups is 1. The highest BCUT2D eigenvalue weighted by Crippen LogP contribution is 2.34. The number of halogens is 4. The molecule has 0 spiro atoms. The normalized spacial score (nSPS) is 12.6. The summed E-state index contributed by atoms with van der Waals surface area (Å²) in [6.45, 7) is 0. The van der Waals surface area contributed by atoms with E-state index in [9.17, 15) is 18.0 Å². The van der Waals surface area contributed by atoms with Crippen molar-refractivity contribution >= 4 is 23.1 Å². The molecule has 0 radical (unpaired) electrons. The third kappa shape index (κ3) is 3.50. The number of allylic oxidation sites excluding steroid dienone is 1. The Morgan fingerprint density at radius 3 is 2.44 bits per heavy atom. The van der Waals surface area contributed by atoms with Gasteiger partial charge in [0, 0.05) is 11.5 Å². The molecule has 98 valence electrons. The summed E-state index contributed by atoms with van der Waals surface area (Å²) in [5, 5.41) is 0. The summed E-state index contributed by atoms with van der Waals surface area (Å²) in [5.74, 6) is -0.706. The molecule has 0 saturated heterocycles. The highest BCUT2D eigenvalue weighted by molar-refractivity contribution is 6.20. The van der Waals surface area contributed by atoms with Gasteiger partial charge in [0.05, 0.1) is 5.56 Å². The highest BCUT2D eigenvalue weighted by Gasteiger charge is 2.34. The van der Waals surface area contributed by atoms with Crippen molar-refractivity contribution < 1.29 is 18.0 Å². The number of hydrogen-bond donors (Lipinski definition) is 1. The fraction of sp³-hybridized carbons (Fsp3) is 0.250. The maximum Gasteiger partial charge on any atom is 0.417 e. The lowest BCUT2D eigenvalue weighted by atomic mass is 9.98. The van der Waals surface area contributed by atoms with Crippen molar-refractivity contribution in [2.24, 2.45) is 5.73 Å². The first kappa shape index (κ1) is 14.6. The number of hydrogen-bond acceptors (Lipinski definition) is 1. The van der Waals surface area contributed by atoms with Gasteiger partial charge in [0.25, 0.3) is 0 Å². The third-order valence-electron chi connectivity index (χ3n) is 2.25. The second kappa shape index (κ2) is 5.91. The van der Waals surface area contributed by atoms with Crippen LogP contribution in [-0.2, 0) is 11.0 Å². The molecule has 1 aromatic carbocycles. The predicted octanol–water partition coefficient (Wildman–Crippen LogP) is 3.20. The van der Waals surface area contributed by atoms with Gasteiger partial charge in [-0.05, 0) is 18.1 Å². The van der Waals surface area contributed by atoms with Crippen LogP contribution in [0.3, 0.4) is 0 Å². The largest absolute Gasteiger partial charge is 0.417 e. The van der Waals surface area contributed by atoms with Gasteiger partial charge in [-0.15, -0.1) is 11.6 Å². The first-order chi connectivity index (χ1) is 8.38. The number of nitrogens with two attached hydrogens (primary N) is 1. The summed E-state index contributed by atoms with van der Waals surface area (Å²) < 4.78 is 38.4. The molecule has 2 nitrogen and oxygen atoms in total. The van der Waals surface area contributed by atoms with Gasteiger partial charge in [-0.3, -0.25) is 4.79 Å². The summed E-state index contributed by atoms with van der Waals surface area (Å²) in [6, 6.07) is 4.80. The summed E-state index contributed by atoms with van der Waals surface area (Å²) in [5.41, 5.74) is 3.84. The van der Waals surface area contributed by atoms with Crippen LogP contribution >= 0.6 is 11.6 Å². The van der Waals surface area contributed by atoms with E-state index in [1.54, 1.807) is 0 Å². The van der Waals surface area contributed by atoms with Gasteiger partial charge in [-0.1, -0.05) is 24.3 Å². The molecule has 0 aliphatic heterocycles. The zero-order valence-corrected chi connectivity index (χ0v) is 10.1. The predicted molar refractivity (Wildman–Crippen MR) is 64.0 cm³/mol. The second-order valence-corrected chi connectivity index (χ2v) is 3.88. The maximum atomic E-state index is 12.8. The van der Waals surface area contributed by atoms with Crippen LogP contribution in [-0.4, -0.2) is 11.8 Å². The van der Waals surface area contributed by atoms with Crippen molar-refractivity contribution in [3.8, 4) is 0 Å². The van der Waals surface area contributed by atoms with Gasteiger partial charge in [0.15, 0.2) is 0 Å². The summed E-state index contributed by atoms with van der Waals surface area (Å²) >= 11 is 5.45. The van der Waals surface area contributed by atoms with Gasteiger partial charge in [0.1, 0.15) is 0 Å². The molecule has 0 bridgehead atoms. The van der Waals surface area contributed by atoms with E-state index in [0.29, 0.717) is 0 Å². The van der Waals surface area contributed by atoms with Crippen molar-refractivity contribution in [1.82, 2.24) is 0 Å². The average molecular weight is 278 g/mol. The molecule has 0 unspecified atom stereocenters. The van der Waals surface area contributed by atoms with E-state index in [1.165, 1.54) is 24.3 Å². The number of primary amides is 1. The van der Waals surface area contributed by atoms with E-state index >= 15 is 0 Å². The van der Waals surface area contributed by atoms with Gasteiger partial charge in [-0.25, -0.2) is 0 Å². The van der Waals surface area contributed by atoms with Crippen molar-refractivity contribution in [3.63, 3.8) is 0 Å². The lowest BCUT2D eigenvalue weighted by molar-refractivity contribution is -0.137. The number of carbonyl (C=O) groups excluding carboxylic acids is 1. The molecule has 0 saturated carbocycles. The summed E-state index contributed by atoms with van der Waals surface area (Å²) in [7, 11) is 0. The van der Waals surface area contributed by atoms with E-state index in [2.05, 4.69) is 0 Å². The highest BCUT2D eigenvalue weighted by atomic mass is 35.5. The SMILES string of the molecule is NC(=O)/C(=C/CCCl)c1ccccc1C(F)(F)F. The monoisotopic (exact) mass is 277 g/mol. The summed E-state index contributed by atoms with van der Waals surface area (Å²) in [6.07, 6.45) is -2.95. The van der Waals surface area contributed by atoms with Gasteiger partial charge in [-0.2, -0.15) is 13.2 Å². The van der Waals surface area contributed by atoms with Crippen LogP contribution in [0.4, 0.5) is 13.2 Å². The Labute approximate surface area is 107 Å². The van der Waals surface area contributed by atoms with Gasteiger partial charge < -0.3 is 5.73 Å². The number of alkyl halides is 4. The molecule has 0 aliphatic carbocycles. The Morgan fingerprint density at radius 2 is 1.94 bits per heavy atom. The van der Waals surface area contributed by atoms with Crippen LogP contribution < -0.4 is 5.73 Å². The van der Waals surface area contributed by atoms with E-state index in [-0.39, 0.29) is 23.4 Å². The molecule has 1 aromatic rings. The minimum Gasteiger partial charge on any atom is -0.366 e. The van der Waals surface area contributed by atoms with E-state index in [4.69, 9.17) is 17.3 Å². The number of rotatable bonds is 4. The van der Waals surface area contributed by atoms with Gasteiger partial charge in [0.2, 0.25) is 5.91 Å². The Hall–Kier alpha value is -1.49. The molecular weight excluding hydrogens is 267 g/mol. The Bertz CT molecular complexity index is 469. The quantitative estimate of drug-likeness (QED) is 0.666. The maximum absolute atomic E-state index is 12.8. The second-order valence-electron chi connectivity index (χ2n) is 3.50. The van der Waals surface area contributed by atoms with Crippen LogP contribution in [0.15, 0.2) is 30.3 Å².